The molecule has 0 aliphatic heterocycles. The van der Waals surface area contributed by atoms with Gasteiger partial charge in [0.15, 0.2) is 0 Å². The maximum atomic E-state index is 13.4. The van der Waals surface area contributed by atoms with Crippen molar-refractivity contribution in [3.63, 3.8) is 0 Å². The number of hydrogen-bond acceptors (Lipinski definition) is 3. The van der Waals surface area contributed by atoms with Crippen LogP contribution in [-0.4, -0.2) is 12.0 Å². The highest BCUT2D eigenvalue weighted by Gasteiger charge is 2.06. The first-order chi connectivity index (χ1) is 10.1. The van der Waals surface area contributed by atoms with Gasteiger partial charge in [-0.15, -0.1) is 0 Å². The molecule has 2 aromatic rings. The molecule has 0 fully saturated rings. The largest absolute Gasteiger partial charge is 0.439 e. The molecule has 112 valence electrons. The molecule has 0 spiro atoms. The third-order valence-corrected chi connectivity index (χ3v) is 3.32. The van der Waals surface area contributed by atoms with Gasteiger partial charge in [0.2, 0.25) is 5.88 Å². The summed E-state index contributed by atoms with van der Waals surface area (Å²) < 4.78 is 19.7. The average molecular weight is 353 g/mol. The second-order valence-electron chi connectivity index (χ2n) is 4.79. The van der Waals surface area contributed by atoms with Crippen LogP contribution in [0.25, 0.3) is 0 Å². The van der Waals surface area contributed by atoms with Crippen molar-refractivity contribution < 1.29 is 9.13 Å². The molecule has 3 nitrogen and oxygen atoms in total. The SMILES string of the molecule is CCCc1cc(CNC)cc(Oc2cc(F)cc(Br)c2)n1. The summed E-state index contributed by atoms with van der Waals surface area (Å²) >= 11 is 3.25. The number of benzene rings is 1. The Labute approximate surface area is 132 Å². The van der Waals surface area contributed by atoms with Crippen molar-refractivity contribution in [3.05, 3.63) is 51.9 Å². The standard InChI is InChI=1S/C16H18BrFN2O/c1-3-4-14-5-11(10-19-2)6-16(20-14)21-15-8-12(17)7-13(18)9-15/h5-9,19H,3-4,10H2,1-2H3. The van der Waals surface area contributed by atoms with Crippen molar-refractivity contribution in [3.8, 4) is 11.6 Å². The Balaban J connectivity index is 2.28. The predicted molar refractivity (Wildman–Crippen MR) is 85.2 cm³/mol. The van der Waals surface area contributed by atoms with Crippen LogP contribution < -0.4 is 10.1 Å². The molecule has 5 heteroatoms. The summed E-state index contributed by atoms with van der Waals surface area (Å²) in [7, 11) is 1.89. The number of hydrogen-bond donors (Lipinski definition) is 1. The van der Waals surface area contributed by atoms with Gasteiger partial charge in [-0.05, 0) is 37.2 Å². The number of pyridine rings is 1. The number of aryl methyl sites for hydroxylation is 1. The second kappa shape index (κ2) is 7.52. The Kier molecular flexibility index (Phi) is 5.70. The van der Waals surface area contributed by atoms with Gasteiger partial charge in [-0.3, -0.25) is 0 Å². The Morgan fingerprint density at radius 3 is 2.71 bits per heavy atom. The molecule has 2 rings (SSSR count). The van der Waals surface area contributed by atoms with E-state index in [1.165, 1.54) is 12.1 Å². The zero-order valence-corrected chi connectivity index (χ0v) is 13.7. The molecule has 0 saturated carbocycles. The van der Waals surface area contributed by atoms with Gasteiger partial charge in [-0.25, -0.2) is 9.37 Å². The quantitative estimate of drug-likeness (QED) is 0.833. The number of halogens is 2. The van der Waals surface area contributed by atoms with Crippen LogP contribution in [0, 0.1) is 5.82 Å². The van der Waals surface area contributed by atoms with Crippen LogP contribution >= 0.6 is 15.9 Å². The highest BCUT2D eigenvalue weighted by molar-refractivity contribution is 9.10. The van der Waals surface area contributed by atoms with Crippen LogP contribution in [0.5, 0.6) is 11.6 Å². The van der Waals surface area contributed by atoms with Gasteiger partial charge >= 0.3 is 0 Å². The molecule has 0 aliphatic carbocycles. The van der Waals surface area contributed by atoms with Crippen molar-refractivity contribution in [1.82, 2.24) is 10.3 Å². The summed E-state index contributed by atoms with van der Waals surface area (Å²) in [5.74, 6) is 0.571. The van der Waals surface area contributed by atoms with Gasteiger partial charge in [0, 0.05) is 28.8 Å². The minimum absolute atomic E-state index is 0.348. The minimum Gasteiger partial charge on any atom is -0.439 e. The Morgan fingerprint density at radius 2 is 2.05 bits per heavy atom. The fourth-order valence-electron chi connectivity index (χ4n) is 2.07. The van der Waals surface area contributed by atoms with Crippen LogP contribution in [0.15, 0.2) is 34.8 Å². The molecule has 0 unspecified atom stereocenters. The lowest BCUT2D eigenvalue weighted by molar-refractivity contribution is 0.454. The van der Waals surface area contributed by atoms with Crippen LogP contribution in [-0.2, 0) is 13.0 Å². The van der Waals surface area contributed by atoms with Gasteiger partial charge in [-0.2, -0.15) is 0 Å². The zero-order valence-electron chi connectivity index (χ0n) is 12.1. The highest BCUT2D eigenvalue weighted by Crippen LogP contribution is 2.26. The fraction of sp³-hybridized carbons (Fsp3) is 0.312. The maximum Gasteiger partial charge on any atom is 0.219 e. The zero-order chi connectivity index (χ0) is 15.2. The molecule has 0 bridgehead atoms. The summed E-state index contributed by atoms with van der Waals surface area (Å²) in [6, 6.07) is 8.38. The van der Waals surface area contributed by atoms with Crippen molar-refractivity contribution in [2.75, 3.05) is 7.05 Å². The normalized spacial score (nSPS) is 10.7. The van der Waals surface area contributed by atoms with Gasteiger partial charge in [-0.1, -0.05) is 29.3 Å². The molecule has 0 saturated heterocycles. The first-order valence-corrected chi connectivity index (χ1v) is 7.68. The fourth-order valence-corrected chi connectivity index (χ4v) is 2.52. The first-order valence-electron chi connectivity index (χ1n) is 6.89. The number of aromatic nitrogens is 1. The molecule has 0 amide bonds. The molecular formula is C16H18BrFN2O. The number of rotatable bonds is 6. The lowest BCUT2D eigenvalue weighted by Gasteiger charge is -2.10. The van der Waals surface area contributed by atoms with Crippen molar-refractivity contribution in [1.29, 1.82) is 0 Å². The van der Waals surface area contributed by atoms with Crippen molar-refractivity contribution >= 4 is 15.9 Å². The van der Waals surface area contributed by atoms with Crippen molar-refractivity contribution in [2.24, 2.45) is 0 Å². The molecule has 1 aromatic heterocycles. The summed E-state index contributed by atoms with van der Waals surface area (Å²) in [5.41, 5.74) is 2.08. The van der Waals surface area contributed by atoms with Gasteiger partial charge in [0.05, 0.1) is 0 Å². The summed E-state index contributed by atoms with van der Waals surface area (Å²) in [4.78, 5) is 4.47. The van der Waals surface area contributed by atoms with E-state index in [1.807, 2.05) is 13.1 Å². The van der Waals surface area contributed by atoms with Crippen LogP contribution in [0.4, 0.5) is 4.39 Å². The van der Waals surface area contributed by atoms with E-state index in [1.54, 1.807) is 6.07 Å². The average Bonchev–Trinajstić information content (AvgIpc) is 2.37. The highest BCUT2D eigenvalue weighted by atomic mass is 79.9. The van der Waals surface area contributed by atoms with Crippen LogP contribution in [0.2, 0.25) is 0 Å². The molecule has 21 heavy (non-hydrogen) atoms. The van der Waals surface area contributed by atoms with Gasteiger partial charge in [0.25, 0.3) is 0 Å². The van der Waals surface area contributed by atoms with E-state index in [-0.39, 0.29) is 5.82 Å². The molecule has 1 heterocycles. The molecule has 0 atom stereocenters. The second-order valence-corrected chi connectivity index (χ2v) is 5.71. The molecule has 0 aliphatic rings. The van der Waals surface area contributed by atoms with Gasteiger partial charge in [0.1, 0.15) is 11.6 Å². The topological polar surface area (TPSA) is 34.1 Å². The van der Waals surface area contributed by atoms with E-state index in [9.17, 15) is 4.39 Å². The van der Waals surface area contributed by atoms with E-state index in [0.29, 0.717) is 16.1 Å². The Bertz CT molecular complexity index is 575. The maximum absolute atomic E-state index is 13.4. The van der Waals surface area contributed by atoms with E-state index < -0.39 is 0 Å². The Morgan fingerprint density at radius 1 is 1.24 bits per heavy atom. The van der Waals surface area contributed by atoms with Crippen LogP contribution in [0.3, 0.4) is 0 Å². The summed E-state index contributed by atoms with van der Waals surface area (Å²) in [6.45, 7) is 2.85. The number of ether oxygens (including phenoxy) is 1. The Hall–Kier alpha value is -1.46. The third-order valence-electron chi connectivity index (χ3n) is 2.86. The van der Waals surface area contributed by atoms with E-state index in [4.69, 9.17) is 4.74 Å². The molecular weight excluding hydrogens is 335 g/mol. The molecule has 1 aromatic carbocycles. The predicted octanol–water partition coefficient (Wildman–Crippen LogP) is 4.45. The first kappa shape index (κ1) is 15.9. The summed E-state index contributed by atoms with van der Waals surface area (Å²) in [5, 5.41) is 3.11. The number of nitrogens with zero attached hydrogens (tertiary/aromatic N) is 1. The van der Waals surface area contributed by atoms with Crippen molar-refractivity contribution in [2.45, 2.75) is 26.3 Å². The molecule has 1 N–H and O–H groups in total. The minimum atomic E-state index is -0.348. The summed E-state index contributed by atoms with van der Waals surface area (Å²) in [6.07, 6.45) is 1.90. The van der Waals surface area contributed by atoms with Gasteiger partial charge < -0.3 is 10.1 Å². The third kappa shape index (κ3) is 4.79. The van der Waals surface area contributed by atoms with Crippen LogP contribution in [0.1, 0.15) is 24.6 Å². The lowest BCUT2D eigenvalue weighted by Crippen LogP contribution is -2.06. The van der Waals surface area contributed by atoms with E-state index in [2.05, 4.69) is 39.2 Å². The monoisotopic (exact) mass is 352 g/mol. The van der Waals surface area contributed by atoms with E-state index in [0.717, 1.165) is 30.6 Å². The smallest absolute Gasteiger partial charge is 0.219 e. The molecule has 0 radical (unpaired) electrons. The number of nitrogens with one attached hydrogen (secondary N) is 1. The lowest BCUT2D eigenvalue weighted by atomic mass is 10.1. The van der Waals surface area contributed by atoms with E-state index >= 15 is 0 Å².